The number of aliphatic carboxylic acids is 1. The number of piperidine rings is 1. The second-order valence-electron chi connectivity index (χ2n) is 8.44. The van der Waals surface area contributed by atoms with Crippen LogP contribution in [0.15, 0.2) is 24.3 Å². The Labute approximate surface area is 187 Å². The fourth-order valence-corrected chi connectivity index (χ4v) is 4.74. The van der Waals surface area contributed by atoms with Gasteiger partial charge in [0.2, 0.25) is 0 Å². The number of ether oxygens (including phenoxy) is 2. The zero-order chi connectivity index (χ0) is 23.3. The topological polar surface area (TPSA) is 164 Å². The fourth-order valence-electron chi connectivity index (χ4n) is 4.74. The van der Waals surface area contributed by atoms with E-state index in [2.05, 4.69) is 5.32 Å². The number of nitrogens with one attached hydrogen (secondary N) is 2. The number of carboxylic acid groups (broad SMARTS) is 1. The first-order valence-corrected chi connectivity index (χ1v) is 11.0. The summed E-state index contributed by atoms with van der Waals surface area (Å²) in [7, 11) is 0. The normalized spacial score (nSPS) is 22.1. The largest absolute Gasteiger partial charge is 0.490 e. The third-order valence-electron chi connectivity index (χ3n) is 6.51. The molecular formula is C22H33N5O5. The van der Waals surface area contributed by atoms with Crippen molar-refractivity contribution in [1.82, 2.24) is 10.2 Å². The molecule has 0 spiro atoms. The highest BCUT2D eigenvalue weighted by molar-refractivity contribution is 5.91. The van der Waals surface area contributed by atoms with Crippen molar-refractivity contribution in [3.05, 3.63) is 29.8 Å². The Balaban J connectivity index is 1.62. The smallest absolute Gasteiger partial charge is 0.411 e. The van der Waals surface area contributed by atoms with Gasteiger partial charge in [-0.2, -0.15) is 0 Å². The Morgan fingerprint density at radius 1 is 1.38 bits per heavy atom. The molecule has 0 bridgehead atoms. The van der Waals surface area contributed by atoms with Crippen molar-refractivity contribution in [2.75, 3.05) is 26.2 Å². The molecule has 3 rings (SSSR count). The summed E-state index contributed by atoms with van der Waals surface area (Å²) >= 11 is 0. The average Bonchev–Trinajstić information content (AvgIpc) is 3.15. The van der Waals surface area contributed by atoms with Gasteiger partial charge in [-0.1, -0.05) is 19.1 Å². The molecule has 0 aliphatic carbocycles. The Kier molecular flexibility index (Phi) is 7.57. The summed E-state index contributed by atoms with van der Waals surface area (Å²) in [6.45, 7) is 4.10. The molecule has 2 heterocycles. The van der Waals surface area contributed by atoms with Crippen molar-refractivity contribution in [2.24, 2.45) is 17.4 Å². The maximum Gasteiger partial charge on any atom is 0.411 e. The quantitative estimate of drug-likeness (QED) is 0.261. The number of amidine groups is 1. The molecule has 2 aliphatic rings. The van der Waals surface area contributed by atoms with Gasteiger partial charge in [0.05, 0.1) is 6.54 Å². The highest BCUT2D eigenvalue weighted by atomic mass is 16.6. The number of carboxylic acids is 1. The lowest BCUT2D eigenvalue weighted by molar-refractivity contribution is -0.138. The first kappa shape index (κ1) is 23.8. The van der Waals surface area contributed by atoms with Gasteiger partial charge in [0.25, 0.3) is 0 Å². The van der Waals surface area contributed by atoms with E-state index >= 15 is 0 Å². The van der Waals surface area contributed by atoms with Gasteiger partial charge in [-0.05, 0) is 62.4 Å². The minimum atomic E-state index is -1.05. The predicted octanol–water partition coefficient (Wildman–Crippen LogP) is 0.925. The highest BCUT2D eigenvalue weighted by Crippen LogP contribution is 2.37. The summed E-state index contributed by atoms with van der Waals surface area (Å²) in [5.41, 5.74) is 11.6. The number of carbonyl (C=O) groups excluding carboxylic acids is 1. The number of carbonyl (C=O) groups is 2. The molecule has 2 fully saturated rings. The van der Waals surface area contributed by atoms with Crippen LogP contribution >= 0.6 is 0 Å². The summed E-state index contributed by atoms with van der Waals surface area (Å²) in [4.78, 5) is 25.3. The van der Waals surface area contributed by atoms with E-state index in [9.17, 15) is 9.59 Å². The zero-order valence-corrected chi connectivity index (χ0v) is 18.4. The second kappa shape index (κ2) is 10.2. The van der Waals surface area contributed by atoms with Crippen LogP contribution in [0.3, 0.4) is 0 Å². The first-order valence-electron chi connectivity index (χ1n) is 11.0. The number of hydrogen-bond acceptors (Lipinski definition) is 7. The molecule has 0 radical (unpaired) electrons. The second-order valence-corrected chi connectivity index (χ2v) is 8.44. The molecule has 10 heteroatoms. The molecule has 10 nitrogen and oxygen atoms in total. The van der Waals surface area contributed by atoms with Crippen LogP contribution in [0.5, 0.6) is 5.75 Å². The maximum absolute atomic E-state index is 12.8. The molecule has 0 aromatic heterocycles. The van der Waals surface area contributed by atoms with Crippen molar-refractivity contribution in [2.45, 2.75) is 50.3 Å². The molecule has 2 saturated heterocycles. The summed E-state index contributed by atoms with van der Waals surface area (Å²) in [5, 5.41) is 20.6. The molecule has 1 aromatic rings. The van der Waals surface area contributed by atoms with Crippen LogP contribution in [-0.4, -0.2) is 71.8 Å². The third kappa shape index (κ3) is 4.97. The average molecular weight is 448 g/mol. The lowest BCUT2D eigenvalue weighted by Gasteiger charge is -2.46. The van der Waals surface area contributed by atoms with Crippen LogP contribution in [-0.2, 0) is 16.0 Å². The lowest BCUT2D eigenvalue weighted by atomic mass is 9.74. The highest BCUT2D eigenvalue weighted by Gasteiger charge is 2.52. The van der Waals surface area contributed by atoms with Crippen molar-refractivity contribution < 1.29 is 24.2 Å². The molecule has 1 amide bonds. The van der Waals surface area contributed by atoms with Gasteiger partial charge in [-0.3, -0.25) is 15.1 Å². The van der Waals surface area contributed by atoms with Gasteiger partial charge in [0.15, 0.2) is 6.10 Å². The van der Waals surface area contributed by atoms with Gasteiger partial charge in [-0.25, -0.2) is 4.79 Å². The predicted molar refractivity (Wildman–Crippen MR) is 119 cm³/mol. The standard InChI is InChI=1S/C22H33N5O5/c1-2-22(20(24)25,15-7-9-26-10-8-15)27-12-17(32-21(27)30)13-31-16-5-3-14(4-6-16)11-18(23)19(28)29/h3-6,15,17-18,26H,2,7-13,23H2,1H3,(H3,24,25)(H,28,29). The zero-order valence-electron chi connectivity index (χ0n) is 18.4. The monoisotopic (exact) mass is 447 g/mol. The van der Waals surface area contributed by atoms with Crippen LogP contribution < -0.4 is 21.5 Å². The molecule has 7 N–H and O–H groups in total. The van der Waals surface area contributed by atoms with Crippen molar-refractivity contribution in [3.63, 3.8) is 0 Å². The Morgan fingerprint density at radius 3 is 2.59 bits per heavy atom. The van der Waals surface area contributed by atoms with Crippen LogP contribution in [0.4, 0.5) is 4.79 Å². The number of amides is 1. The Morgan fingerprint density at radius 2 is 2.03 bits per heavy atom. The lowest BCUT2D eigenvalue weighted by Crippen LogP contribution is -2.63. The number of rotatable bonds is 10. The summed E-state index contributed by atoms with van der Waals surface area (Å²) in [6.07, 6.45) is 1.52. The molecule has 32 heavy (non-hydrogen) atoms. The van der Waals surface area contributed by atoms with Gasteiger partial charge in [0, 0.05) is 0 Å². The van der Waals surface area contributed by atoms with E-state index in [1.54, 1.807) is 29.2 Å². The molecule has 176 valence electrons. The molecule has 1 aromatic carbocycles. The fraction of sp³-hybridized carbons (Fsp3) is 0.591. The minimum absolute atomic E-state index is 0.000533. The van der Waals surface area contributed by atoms with Crippen LogP contribution in [0.1, 0.15) is 31.7 Å². The number of hydrogen-bond donors (Lipinski definition) is 5. The Bertz CT molecular complexity index is 827. The first-order chi connectivity index (χ1) is 15.3. The summed E-state index contributed by atoms with van der Waals surface area (Å²) in [6, 6.07) is 6.05. The third-order valence-corrected chi connectivity index (χ3v) is 6.51. The molecule has 2 aliphatic heterocycles. The summed E-state index contributed by atoms with van der Waals surface area (Å²) in [5.74, 6) is -0.362. The molecule has 0 saturated carbocycles. The van der Waals surface area contributed by atoms with Gasteiger partial charge in [-0.15, -0.1) is 0 Å². The van der Waals surface area contributed by atoms with Crippen molar-refractivity contribution in [3.8, 4) is 5.75 Å². The number of benzene rings is 1. The van der Waals surface area contributed by atoms with Gasteiger partial charge >= 0.3 is 12.1 Å². The number of nitrogens with zero attached hydrogens (tertiary/aromatic N) is 1. The van der Waals surface area contributed by atoms with E-state index < -0.39 is 29.7 Å². The molecular weight excluding hydrogens is 414 g/mol. The van der Waals surface area contributed by atoms with Crippen LogP contribution in [0.25, 0.3) is 0 Å². The van der Waals surface area contributed by atoms with Crippen LogP contribution in [0, 0.1) is 11.3 Å². The van der Waals surface area contributed by atoms with E-state index in [0.29, 0.717) is 18.7 Å². The number of nitrogens with two attached hydrogens (primary N) is 2. The molecule has 3 unspecified atom stereocenters. The van der Waals surface area contributed by atoms with E-state index in [0.717, 1.165) is 31.5 Å². The minimum Gasteiger partial charge on any atom is -0.490 e. The SMILES string of the molecule is CCC(C(=N)N)(C1CCNCC1)N1CC(COc2ccc(CC(N)C(=O)O)cc2)OC1=O. The Hall–Kier alpha value is -2.85. The van der Waals surface area contributed by atoms with Crippen molar-refractivity contribution >= 4 is 17.9 Å². The molecule has 3 atom stereocenters. The van der Waals surface area contributed by atoms with E-state index in [1.807, 2.05) is 6.92 Å². The van der Waals surface area contributed by atoms with Crippen LogP contribution in [0.2, 0.25) is 0 Å². The van der Waals surface area contributed by atoms with E-state index in [-0.39, 0.29) is 24.8 Å². The van der Waals surface area contributed by atoms with Gasteiger partial charge < -0.3 is 31.4 Å². The summed E-state index contributed by atoms with van der Waals surface area (Å²) < 4.78 is 11.4. The van der Waals surface area contributed by atoms with Crippen molar-refractivity contribution in [1.29, 1.82) is 5.41 Å². The van der Waals surface area contributed by atoms with E-state index in [4.69, 9.17) is 31.5 Å². The van der Waals surface area contributed by atoms with E-state index in [1.165, 1.54) is 0 Å². The number of cyclic esters (lactones) is 1. The van der Waals surface area contributed by atoms with Gasteiger partial charge in [0.1, 0.15) is 29.8 Å². The maximum atomic E-state index is 12.8.